The van der Waals surface area contributed by atoms with Crippen LogP contribution in [0.15, 0.2) is 24.3 Å². The molecule has 0 atom stereocenters. The molecule has 12 heavy (non-hydrogen) atoms. The molecule has 1 aromatic rings. The van der Waals surface area contributed by atoms with Crippen LogP contribution in [0.3, 0.4) is 0 Å². The summed E-state index contributed by atoms with van der Waals surface area (Å²) in [5.74, 6) is -0.349. The minimum absolute atomic E-state index is 0.349. The van der Waals surface area contributed by atoms with Crippen molar-refractivity contribution < 1.29 is 9.53 Å². The van der Waals surface area contributed by atoms with E-state index < -0.39 is 0 Å². The summed E-state index contributed by atoms with van der Waals surface area (Å²) in [6, 6.07) is 7.08. The molecular formula is C8H8BrNO2. The van der Waals surface area contributed by atoms with Gasteiger partial charge in [0, 0.05) is 16.1 Å². The maximum atomic E-state index is 11.1. The van der Waals surface area contributed by atoms with Gasteiger partial charge in [0.15, 0.2) is 0 Å². The van der Waals surface area contributed by atoms with Crippen molar-refractivity contribution in [3.63, 3.8) is 0 Å². The van der Waals surface area contributed by atoms with Crippen LogP contribution < -0.4 is 4.34 Å². The SMILES string of the molecule is COC(=O)c1ccccc1NBr. The van der Waals surface area contributed by atoms with Crippen LogP contribution >= 0.6 is 16.1 Å². The van der Waals surface area contributed by atoms with E-state index in [4.69, 9.17) is 0 Å². The molecule has 0 saturated carbocycles. The molecule has 64 valence electrons. The molecule has 1 rings (SSSR count). The molecule has 0 aromatic heterocycles. The standard InChI is InChI=1S/C8H8BrNO2/c1-12-8(11)6-4-2-3-5-7(6)10-9/h2-5,10H,1H3. The maximum absolute atomic E-state index is 11.1. The summed E-state index contributed by atoms with van der Waals surface area (Å²) in [5.41, 5.74) is 1.21. The Kier molecular flexibility index (Phi) is 3.10. The van der Waals surface area contributed by atoms with Crippen LogP contribution in [-0.2, 0) is 4.74 Å². The van der Waals surface area contributed by atoms with E-state index in [1.54, 1.807) is 18.2 Å². The van der Waals surface area contributed by atoms with Crippen molar-refractivity contribution in [2.45, 2.75) is 0 Å². The van der Waals surface area contributed by atoms with Crippen molar-refractivity contribution in [1.82, 2.24) is 0 Å². The summed E-state index contributed by atoms with van der Waals surface area (Å²) < 4.78 is 7.30. The first-order valence-electron chi connectivity index (χ1n) is 3.33. The second-order valence-electron chi connectivity index (χ2n) is 2.13. The molecule has 0 spiro atoms. The predicted molar refractivity (Wildman–Crippen MR) is 50.3 cm³/mol. The summed E-state index contributed by atoms with van der Waals surface area (Å²) in [7, 11) is 1.35. The largest absolute Gasteiger partial charge is 0.465 e. The fourth-order valence-corrected chi connectivity index (χ4v) is 1.20. The maximum Gasteiger partial charge on any atom is 0.339 e. The monoisotopic (exact) mass is 229 g/mol. The molecular weight excluding hydrogens is 222 g/mol. The predicted octanol–water partition coefficient (Wildman–Crippen LogP) is 2.19. The zero-order chi connectivity index (χ0) is 8.97. The molecule has 0 fully saturated rings. The number of halogens is 1. The van der Waals surface area contributed by atoms with E-state index in [2.05, 4.69) is 25.2 Å². The molecule has 4 heteroatoms. The number of carbonyl (C=O) groups is 1. The van der Waals surface area contributed by atoms with Gasteiger partial charge < -0.3 is 9.08 Å². The van der Waals surface area contributed by atoms with Crippen LogP contribution in [0.2, 0.25) is 0 Å². The van der Waals surface area contributed by atoms with Crippen LogP contribution in [-0.4, -0.2) is 13.1 Å². The molecule has 1 aromatic carbocycles. The number of carbonyl (C=O) groups excluding carboxylic acids is 1. The van der Waals surface area contributed by atoms with Crippen molar-refractivity contribution >= 4 is 27.8 Å². The Bertz CT molecular complexity index is 288. The third-order valence-electron chi connectivity index (χ3n) is 1.43. The molecule has 0 saturated heterocycles. The quantitative estimate of drug-likeness (QED) is 0.625. The normalized spacial score (nSPS) is 9.17. The molecule has 0 bridgehead atoms. The van der Waals surface area contributed by atoms with Gasteiger partial charge in [-0.3, -0.25) is 0 Å². The lowest BCUT2D eigenvalue weighted by atomic mass is 10.2. The van der Waals surface area contributed by atoms with E-state index >= 15 is 0 Å². The van der Waals surface area contributed by atoms with Crippen LogP contribution in [0.4, 0.5) is 5.69 Å². The highest BCUT2D eigenvalue weighted by molar-refractivity contribution is 9.10. The molecule has 3 nitrogen and oxygen atoms in total. The molecule has 0 aliphatic rings. The number of nitrogens with one attached hydrogen (secondary N) is 1. The molecule has 0 heterocycles. The molecule has 0 aliphatic carbocycles. The van der Waals surface area contributed by atoms with Gasteiger partial charge in [-0.2, -0.15) is 0 Å². The number of benzene rings is 1. The Morgan fingerprint density at radius 3 is 2.75 bits per heavy atom. The van der Waals surface area contributed by atoms with Crippen molar-refractivity contribution in [3.05, 3.63) is 29.8 Å². The highest BCUT2D eigenvalue weighted by Crippen LogP contribution is 2.16. The molecule has 0 radical (unpaired) electrons. The lowest BCUT2D eigenvalue weighted by molar-refractivity contribution is 0.0602. The summed E-state index contributed by atoms with van der Waals surface area (Å²) in [5, 5.41) is 0. The number of anilines is 1. The first kappa shape index (κ1) is 9.06. The summed E-state index contributed by atoms with van der Waals surface area (Å²) in [6.45, 7) is 0. The van der Waals surface area contributed by atoms with Crippen molar-refractivity contribution in [3.8, 4) is 0 Å². The molecule has 0 amide bonds. The fourth-order valence-electron chi connectivity index (χ4n) is 0.853. The van der Waals surface area contributed by atoms with Gasteiger partial charge in [0.25, 0.3) is 0 Å². The smallest absolute Gasteiger partial charge is 0.339 e. The van der Waals surface area contributed by atoms with Gasteiger partial charge in [0.05, 0.1) is 18.4 Å². The van der Waals surface area contributed by atoms with Crippen LogP contribution in [0.1, 0.15) is 10.4 Å². The minimum Gasteiger partial charge on any atom is -0.465 e. The fraction of sp³-hybridized carbons (Fsp3) is 0.125. The zero-order valence-electron chi connectivity index (χ0n) is 6.50. The Morgan fingerprint density at radius 2 is 2.17 bits per heavy atom. The Labute approximate surface area is 79.1 Å². The Balaban J connectivity index is 3.04. The topological polar surface area (TPSA) is 38.3 Å². The highest BCUT2D eigenvalue weighted by Gasteiger charge is 2.08. The van der Waals surface area contributed by atoms with E-state index in [1.165, 1.54) is 7.11 Å². The second kappa shape index (κ2) is 4.11. The van der Waals surface area contributed by atoms with Gasteiger partial charge in [-0.05, 0) is 12.1 Å². The van der Waals surface area contributed by atoms with Crippen LogP contribution in [0, 0.1) is 0 Å². The van der Waals surface area contributed by atoms with E-state index in [0.717, 1.165) is 0 Å². The molecule has 0 aliphatic heterocycles. The average Bonchev–Trinajstić information content (AvgIpc) is 2.16. The number of methoxy groups -OCH3 is 1. The van der Waals surface area contributed by atoms with E-state index in [9.17, 15) is 4.79 Å². The van der Waals surface area contributed by atoms with E-state index in [0.29, 0.717) is 11.3 Å². The second-order valence-corrected chi connectivity index (χ2v) is 2.53. The number of rotatable bonds is 2. The van der Waals surface area contributed by atoms with E-state index in [1.807, 2.05) is 6.07 Å². The van der Waals surface area contributed by atoms with Gasteiger partial charge >= 0.3 is 5.97 Å². The van der Waals surface area contributed by atoms with Crippen LogP contribution in [0.25, 0.3) is 0 Å². The van der Waals surface area contributed by atoms with Gasteiger partial charge in [-0.25, -0.2) is 4.79 Å². The number of esters is 1. The molecule has 1 N–H and O–H groups in total. The third-order valence-corrected chi connectivity index (χ3v) is 1.86. The number of hydrogen-bond acceptors (Lipinski definition) is 3. The first-order chi connectivity index (χ1) is 5.79. The number of hydrogen-bond donors (Lipinski definition) is 1. The van der Waals surface area contributed by atoms with Gasteiger partial charge in [0.1, 0.15) is 0 Å². The Morgan fingerprint density at radius 1 is 1.50 bits per heavy atom. The van der Waals surface area contributed by atoms with Gasteiger partial charge in [-0.15, -0.1) is 0 Å². The van der Waals surface area contributed by atoms with Crippen LogP contribution in [0.5, 0.6) is 0 Å². The van der Waals surface area contributed by atoms with Crippen molar-refractivity contribution in [2.75, 3.05) is 11.5 Å². The van der Waals surface area contributed by atoms with E-state index in [-0.39, 0.29) is 5.97 Å². The minimum atomic E-state index is -0.349. The van der Waals surface area contributed by atoms with Crippen molar-refractivity contribution in [2.24, 2.45) is 0 Å². The summed E-state index contributed by atoms with van der Waals surface area (Å²) in [6.07, 6.45) is 0. The Hall–Kier alpha value is -1.03. The third kappa shape index (κ3) is 1.76. The summed E-state index contributed by atoms with van der Waals surface area (Å²) in [4.78, 5) is 11.1. The average molecular weight is 230 g/mol. The van der Waals surface area contributed by atoms with Gasteiger partial charge in [0.2, 0.25) is 0 Å². The lowest BCUT2D eigenvalue weighted by Gasteiger charge is -2.04. The number of ether oxygens (including phenoxy) is 1. The summed E-state index contributed by atoms with van der Waals surface area (Å²) >= 11 is 3.05. The zero-order valence-corrected chi connectivity index (χ0v) is 8.09. The highest BCUT2D eigenvalue weighted by atomic mass is 79.9. The first-order valence-corrected chi connectivity index (χ1v) is 4.13. The number of para-hydroxylation sites is 1. The lowest BCUT2D eigenvalue weighted by Crippen LogP contribution is -2.03. The van der Waals surface area contributed by atoms with Crippen molar-refractivity contribution in [1.29, 1.82) is 0 Å². The van der Waals surface area contributed by atoms with Gasteiger partial charge in [-0.1, -0.05) is 12.1 Å². The molecule has 0 unspecified atom stereocenters.